The van der Waals surface area contributed by atoms with Crippen molar-refractivity contribution in [3.05, 3.63) is 133 Å². The van der Waals surface area contributed by atoms with Crippen molar-refractivity contribution < 1.29 is 0 Å². The Kier molecular flexibility index (Phi) is 4.50. The molecule has 0 aromatic heterocycles. The monoisotopic (exact) mass is 447 g/mol. The quantitative estimate of drug-likeness (QED) is 0.212. The molecule has 2 aliphatic rings. The molecule has 0 saturated heterocycles. The highest BCUT2D eigenvalue weighted by atomic mass is 14.5. The molecule has 1 atom stereocenters. The fourth-order valence-electron chi connectivity index (χ4n) is 5.77. The number of fused-ring (bicyclic) bond motifs is 4. The average molecular weight is 448 g/mol. The van der Waals surface area contributed by atoms with Gasteiger partial charge >= 0.3 is 0 Å². The van der Waals surface area contributed by atoms with E-state index in [1.54, 1.807) is 0 Å². The Morgan fingerprint density at radius 3 is 2.34 bits per heavy atom. The first-order chi connectivity index (χ1) is 17.3. The summed E-state index contributed by atoms with van der Waals surface area (Å²) < 4.78 is 0. The van der Waals surface area contributed by atoms with Crippen molar-refractivity contribution in [3.8, 4) is 11.1 Å². The second-order valence-corrected chi connectivity index (χ2v) is 9.56. The Balaban J connectivity index is 1.58. The number of benzene rings is 5. The van der Waals surface area contributed by atoms with E-state index >= 15 is 0 Å². The number of nitrogens with two attached hydrogens (primary N) is 1. The summed E-state index contributed by atoms with van der Waals surface area (Å²) in [6.45, 7) is 0. The van der Waals surface area contributed by atoms with Crippen molar-refractivity contribution in [2.75, 3.05) is 5.73 Å². The lowest BCUT2D eigenvalue weighted by Gasteiger charge is -2.23. The van der Waals surface area contributed by atoms with Gasteiger partial charge in [-0.2, -0.15) is 0 Å². The molecule has 2 N–H and O–H groups in total. The van der Waals surface area contributed by atoms with Crippen LogP contribution < -0.4 is 5.73 Å². The lowest BCUT2D eigenvalue weighted by Crippen LogP contribution is -2.05. The van der Waals surface area contributed by atoms with Gasteiger partial charge in [0.2, 0.25) is 0 Å². The van der Waals surface area contributed by atoms with Crippen LogP contribution in [0, 0.1) is 5.92 Å². The van der Waals surface area contributed by atoms with Crippen LogP contribution in [-0.4, -0.2) is 0 Å². The van der Waals surface area contributed by atoms with Crippen molar-refractivity contribution in [2.24, 2.45) is 5.92 Å². The summed E-state index contributed by atoms with van der Waals surface area (Å²) in [6, 6.07) is 30.5. The summed E-state index contributed by atoms with van der Waals surface area (Å²) in [4.78, 5) is 0. The van der Waals surface area contributed by atoms with Crippen LogP contribution in [0.1, 0.15) is 12.0 Å². The Morgan fingerprint density at radius 1 is 0.686 bits per heavy atom. The van der Waals surface area contributed by atoms with Crippen LogP contribution >= 0.6 is 0 Å². The van der Waals surface area contributed by atoms with Gasteiger partial charge in [0.15, 0.2) is 0 Å². The van der Waals surface area contributed by atoms with Crippen LogP contribution in [0.3, 0.4) is 0 Å². The topological polar surface area (TPSA) is 26.0 Å². The Hall–Kier alpha value is -4.36. The predicted molar refractivity (Wildman–Crippen MR) is 151 cm³/mol. The normalized spacial score (nSPS) is 17.0. The number of allylic oxidation sites excluding steroid dienone is 8. The van der Waals surface area contributed by atoms with Crippen molar-refractivity contribution in [1.82, 2.24) is 0 Å². The first kappa shape index (κ1) is 20.1. The summed E-state index contributed by atoms with van der Waals surface area (Å²) in [5, 5.41) is 7.46. The molecule has 5 aromatic carbocycles. The van der Waals surface area contributed by atoms with Gasteiger partial charge in [-0.1, -0.05) is 103 Å². The van der Waals surface area contributed by atoms with Crippen molar-refractivity contribution in [3.63, 3.8) is 0 Å². The molecule has 0 aliphatic heterocycles. The maximum absolute atomic E-state index is 6.38. The molecule has 1 heteroatoms. The summed E-state index contributed by atoms with van der Waals surface area (Å²) >= 11 is 0. The Morgan fingerprint density at radius 2 is 1.46 bits per heavy atom. The first-order valence-electron chi connectivity index (χ1n) is 12.3. The molecule has 0 amide bonds. The number of hydrogen-bond acceptors (Lipinski definition) is 1. The standard InChI is InChI=1S/C34H25N/c35-28-17-18-31-32(21-28)34(27-16-14-23-8-2-4-10-25(23)20-27)30-12-6-5-11-29(30)33(31)26-15-13-22-7-1-3-9-24(22)19-26/h1-6,8-22H,7,35H2. The second-order valence-electron chi connectivity index (χ2n) is 9.56. The van der Waals surface area contributed by atoms with E-state index in [2.05, 4.69) is 115 Å². The molecule has 0 radical (unpaired) electrons. The molecule has 0 bridgehead atoms. The highest BCUT2D eigenvalue weighted by molar-refractivity contribution is 6.20. The molecular formula is C34H25N. The number of rotatable bonds is 2. The van der Waals surface area contributed by atoms with Gasteiger partial charge in [-0.15, -0.1) is 0 Å². The average Bonchev–Trinajstić information content (AvgIpc) is 2.91. The molecule has 0 spiro atoms. The van der Waals surface area contributed by atoms with Crippen LogP contribution in [0.4, 0.5) is 5.69 Å². The van der Waals surface area contributed by atoms with E-state index < -0.39 is 0 Å². The highest BCUT2D eigenvalue weighted by Gasteiger charge is 2.21. The molecule has 1 nitrogen and oxygen atoms in total. The van der Waals surface area contributed by atoms with E-state index in [-0.39, 0.29) is 0 Å². The third kappa shape index (κ3) is 3.24. The van der Waals surface area contributed by atoms with Gasteiger partial charge in [-0.05, 0) is 84.8 Å². The summed E-state index contributed by atoms with van der Waals surface area (Å²) in [7, 11) is 0. The van der Waals surface area contributed by atoms with Crippen molar-refractivity contribution >= 4 is 43.6 Å². The zero-order valence-electron chi connectivity index (χ0n) is 19.4. The number of nitrogen functional groups attached to an aromatic ring is 1. The summed E-state index contributed by atoms with van der Waals surface area (Å²) in [6.07, 6.45) is 14.8. The summed E-state index contributed by atoms with van der Waals surface area (Å²) in [5.74, 6) is 0.480. The van der Waals surface area contributed by atoms with E-state index in [9.17, 15) is 0 Å². The SMILES string of the molecule is Nc1ccc2c(C3=CC4=CC=CCC4C=C3)c3ccccc3c(-c3ccc4ccccc4c3)c2c1. The first-order valence-corrected chi connectivity index (χ1v) is 12.3. The molecule has 2 aliphatic carbocycles. The zero-order valence-corrected chi connectivity index (χ0v) is 19.4. The Bertz CT molecular complexity index is 1780. The largest absolute Gasteiger partial charge is 0.399 e. The third-order valence-corrected chi connectivity index (χ3v) is 7.45. The van der Waals surface area contributed by atoms with Crippen molar-refractivity contribution in [2.45, 2.75) is 6.42 Å². The molecule has 1 unspecified atom stereocenters. The fourth-order valence-corrected chi connectivity index (χ4v) is 5.77. The van der Waals surface area contributed by atoms with Crippen LogP contribution in [0.25, 0.3) is 49.0 Å². The molecule has 0 heterocycles. The van der Waals surface area contributed by atoms with Gasteiger partial charge in [0.1, 0.15) is 0 Å². The molecular weight excluding hydrogens is 422 g/mol. The molecule has 35 heavy (non-hydrogen) atoms. The lowest BCUT2D eigenvalue weighted by molar-refractivity contribution is 0.781. The lowest BCUT2D eigenvalue weighted by atomic mass is 9.80. The minimum Gasteiger partial charge on any atom is -0.399 e. The van der Waals surface area contributed by atoms with E-state index in [1.165, 1.54) is 60.2 Å². The van der Waals surface area contributed by atoms with Gasteiger partial charge in [0.25, 0.3) is 0 Å². The van der Waals surface area contributed by atoms with Crippen molar-refractivity contribution in [1.29, 1.82) is 0 Å². The van der Waals surface area contributed by atoms with Gasteiger partial charge in [0, 0.05) is 11.6 Å². The minimum absolute atomic E-state index is 0.480. The summed E-state index contributed by atoms with van der Waals surface area (Å²) in [5.41, 5.74) is 13.6. The second kappa shape index (κ2) is 7.85. The number of hydrogen-bond donors (Lipinski definition) is 1. The Labute approximate surface area is 205 Å². The third-order valence-electron chi connectivity index (χ3n) is 7.45. The molecule has 0 fully saturated rings. The predicted octanol–water partition coefficient (Wildman–Crippen LogP) is 8.85. The van der Waals surface area contributed by atoms with Crippen LogP contribution in [0.15, 0.2) is 127 Å². The van der Waals surface area contributed by atoms with Gasteiger partial charge in [0.05, 0.1) is 0 Å². The van der Waals surface area contributed by atoms with Gasteiger partial charge < -0.3 is 5.73 Å². The molecule has 166 valence electrons. The van der Waals surface area contributed by atoms with Crippen LogP contribution in [-0.2, 0) is 0 Å². The maximum atomic E-state index is 6.38. The number of anilines is 1. The maximum Gasteiger partial charge on any atom is 0.0320 e. The highest BCUT2D eigenvalue weighted by Crippen LogP contribution is 2.44. The van der Waals surface area contributed by atoms with Gasteiger partial charge in [-0.3, -0.25) is 0 Å². The van der Waals surface area contributed by atoms with E-state index in [4.69, 9.17) is 5.73 Å². The fraction of sp³-hybridized carbons (Fsp3) is 0.0588. The molecule has 0 saturated carbocycles. The molecule has 5 aromatic rings. The van der Waals surface area contributed by atoms with Crippen LogP contribution in [0.5, 0.6) is 0 Å². The van der Waals surface area contributed by atoms with E-state index in [1.807, 2.05) is 6.07 Å². The van der Waals surface area contributed by atoms with Gasteiger partial charge in [-0.25, -0.2) is 0 Å². The van der Waals surface area contributed by atoms with Crippen LogP contribution in [0.2, 0.25) is 0 Å². The minimum atomic E-state index is 0.480. The van der Waals surface area contributed by atoms with E-state index in [0.717, 1.165) is 12.1 Å². The smallest absolute Gasteiger partial charge is 0.0320 e. The zero-order chi connectivity index (χ0) is 23.4. The van der Waals surface area contributed by atoms with E-state index in [0.29, 0.717) is 5.92 Å². The molecule has 7 rings (SSSR count).